The fourth-order valence-corrected chi connectivity index (χ4v) is 3.61. The molecular formula is C28H24N2O4. The molecule has 4 rings (SSSR count). The van der Waals surface area contributed by atoms with Gasteiger partial charge >= 0.3 is 0 Å². The summed E-state index contributed by atoms with van der Waals surface area (Å²) in [4.78, 5) is 25.9. The number of nitrogens with zero attached hydrogens (tertiary/aromatic N) is 1. The Morgan fingerprint density at radius 2 is 1.53 bits per heavy atom. The second kappa shape index (κ2) is 10.9. The SMILES string of the molecule is O=C(c1ccc(C#CC#Cc2ccc(NCc3occc(=O)c3O)cc2)cc1)N1CCCCC1. The number of benzene rings is 2. The van der Waals surface area contributed by atoms with Crippen LogP contribution in [0.25, 0.3) is 0 Å². The highest BCUT2D eigenvalue weighted by molar-refractivity contribution is 5.94. The van der Waals surface area contributed by atoms with E-state index in [0.29, 0.717) is 5.56 Å². The van der Waals surface area contributed by atoms with E-state index >= 15 is 0 Å². The van der Waals surface area contributed by atoms with Crippen LogP contribution in [0.5, 0.6) is 5.75 Å². The van der Waals surface area contributed by atoms with Gasteiger partial charge in [0.25, 0.3) is 5.91 Å². The molecule has 6 heteroatoms. The third-order valence-corrected chi connectivity index (χ3v) is 5.52. The van der Waals surface area contributed by atoms with Gasteiger partial charge in [-0.2, -0.15) is 0 Å². The van der Waals surface area contributed by atoms with Gasteiger partial charge in [0.2, 0.25) is 11.2 Å². The maximum Gasteiger partial charge on any atom is 0.253 e. The van der Waals surface area contributed by atoms with Gasteiger partial charge in [-0.15, -0.1) is 0 Å². The molecule has 0 radical (unpaired) electrons. The maximum absolute atomic E-state index is 12.5. The van der Waals surface area contributed by atoms with Gasteiger partial charge in [0, 0.05) is 41.5 Å². The molecule has 34 heavy (non-hydrogen) atoms. The fourth-order valence-electron chi connectivity index (χ4n) is 3.61. The molecule has 2 N–H and O–H groups in total. The van der Waals surface area contributed by atoms with Crippen molar-refractivity contribution in [2.45, 2.75) is 25.8 Å². The van der Waals surface area contributed by atoms with E-state index in [9.17, 15) is 14.7 Å². The van der Waals surface area contributed by atoms with Gasteiger partial charge in [-0.05, 0) is 79.6 Å². The van der Waals surface area contributed by atoms with Gasteiger partial charge in [0.1, 0.15) is 0 Å². The van der Waals surface area contributed by atoms with Crippen LogP contribution in [0, 0.1) is 23.7 Å². The van der Waals surface area contributed by atoms with Crippen molar-refractivity contribution in [1.29, 1.82) is 0 Å². The first-order valence-corrected chi connectivity index (χ1v) is 11.1. The topological polar surface area (TPSA) is 82.8 Å². The minimum Gasteiger partial charge on any atom is -0.502 e. The van der Waals surface area contributed by atoms with Crippen LogP contribution in [0.15, 0.2) is 70.1 Å². The number of anilines is 1. The van der Waals surface area contributed by atoms with E-state index in [4.69, 9.17) is 4.42 Å². The summed E-state index contributed by atoms with van der Waals surface area (Å²) in [5.41, 5.74) is 2.62. The molecule has 2 aromatic carbocycles. The summed E-state index contributed by atoms with van der Waals surface area (Å²) in [5.74, 6) is 11.5. The van der Waals surface area contributed by atoms with Crippen LogP contribution in [0.1, 0.15) is 46.5 Å². The predicted molar refractivity (Wildman–Crippen MR) is 130 cm³/mol. The van der Waals surface area contributed by atoms with Gasteiger partial charge in [-0.1, -0.05) is 11.8 Å². The summed E-state index contributed by atoms with van der Waals surface area (Å²) >= 11 is 0. The highest BCUT2D eigenvalue weighted by atomic mass is 16.4. The summed E-state index contributed by atoms with van der Waals surface area (Å²) < 4.78 is 5.16. The first-order valence-electron chi connectivity index (χ1n) is 11.1. The summed E-state index contributed by atoms with van der Waals surface area (Å²) in [5, 5.41) is 12.8. The summed E-state index contributed by atoms with van der Waals surface area (Å²) in [7, 11) is 0. The Morgan fingerprint density at radius 3 is 2.18 bits per heavy atom. The number of piperidine rings is 1. The van der Waals surface area contributed by atoms with Gasteiger partial charge < -0.3 is 19.7 Å². The number of carbonyl (C=O) groups is 1. The van der Waals surface area contributed by atoms with Crippen molar-refractivity contribution in [3.8, 4) is 29.4 Å². The summed E-state index contributed by atoms with van der Waals surface area (Å²) in [6, 6.07) is 15.9. The number of hydrogen-bond donors (Lipinski definition) is 2. The zero-order valence-corrected chi connectivity index (χ0v) is 18.6. The third-order valence-electron chi connectivity index (χ3n) is 5.52. The second-order valence-corrected chi connectivity index (χ2v) is 7.92. The zero-order chi connectivity index (χ0) is 23.8. The molecule has 6 nitrogen and oxygen atoms in total. The van der Waals surface area contributed by atoms with E-state index in [1.54, 1.807) is 0 Å². The molecule has 1 saturated heterocycles. The van der Waals surface area contributed by atoms with Gasteiger partial charge in [-0.25, -0.2) is 0 Å². The zero-order valence-electron chi connectivity index (χ0n) is 18.6. The molecule has 0 saturated carbocycles. The number of rotatable bonds is 4. The van der Waals surface area contributed by atoms with Crippen LogP contribution in [-0.4, -0.2) is 29.0 Å². The Hall–Kier alpha value is -4.42. The van der Waals surface area contributed by atoms with Gasteiger partial charge in [-0.3, -0.25) is 9.59 Å². The molecular weight excluding hydrogens is 428 g/mol. The lowest BCUT2D eigenvalue weighted by Gasteiger charge is -2.26. The Labute approximate surface area is 198 Å². The molecule has 0 atom stereocenters. The minimum absolute atomic E-state index is 0.0852. The first kappa shape index (κ1) is 22.8. The fraction of sp³-hybridized carbons (Fsp3) is 0.214. The largest absolute Gasteiger partial charge is 0.502 e. The number of carbonyl (C=O) groups excluding carboxylic acids is 1. The lowest BCUT2D eigenvalue weighted by Crippen LogP contribution is -2.35. The summed E-state index contributed by atoms with van der Waals surface area (Å²) in [6.07, 6.45) is 4.60. The van der Waals surface area contributed by atoms with Crippen molar-refractivity contribution in [3.63, 3.8) is 0 Å². The monoisotopic (exact) mass is 452 g/mol. The van der Waals surface area contributed by atoms with Gasteiger partial charge in [0.15, 0.2) is 5.76 Å². The average Bonchev–Trinajstić information content (AvgIpc) is 2.89. The summed E-state index contributed by atoms with van der Waals surface area (Å²) in [6.45, 7) is 1.85. The van der Waals surface area contributed by atoms with Crippen LogP contribution in [0.2, 0.25) is 0 Å². The van der Waals surface area contributed by atoms with Crippen LogP contribution < -0.4 is 10.7 Å². The molecule has 1 amide bonds. The number of amides is 1. The van der Waals surface area contributed by atoms with Crippen LogP contribution >= 0.6 is 0 Å². The van der Waals surface area contributed by atoms with Crippen molar-refractivity contribution in [2.75, 3.05) is 18.4 Å². The lowest BCUT2D eigenvalue weighted by atomic mass is 10.1. The number of nitrogens with one attached hydrogen (secondary N) is 1. The predicted octanol–water partition coefficient (Wildman–Crippen LogP) is 3.99. The quantitative estimate of drug-likeness (QED) is 0.585. The van der Waals surface area contributed by atoms with E-state index in [1.165, 1.54) is 18.8 Å². The van der Waals surface area contributed by atoms with Crippen molar-refractivity contribution < 1.29 is 14.3 Å². The normalized spacial score (nSPS) is 12.6. The Morgan fingerprint density at radius 1 is 0.912 bits per heavy atom. The Balaban J connectivity index is 1.31. The van der Waals surface area contributed by atoms with E-state index < -0.39 is 5.43 Å². The average molecular weight is 453 g/mol. The van der Waals surface area contributed by atoms with E-state index in [1.807, 2.05) is 53.4 Å². The molecule has 170 valence electrons. The van der Waals surface area contributed by atoms with Crippen molar-refractivity contribution in [3.05, 3.63) is 93.5 Å². The molecule has 1 fully saturated rings. The smallest absolute Gasteiger partial charge is 0.253 e. The number of likely N-dealkylation sites (tertiary alicyclic amines) is 1. The second-order valence-electron chi connectivity index (χ2n) is 7.92. The molecule has 1 aliphatic rings. The highest BCUT2D eigenvalue weighted by Crippen LogP contribution is 2.15. The molecule has 0 aliphatic carbocycles. The maximum atomic E-state index is 12.5. The molecule has 3 aromatic rings. The van der Waals surface area contributed by atoms with Gasteiger partial charge in [0.05, 0.1) is 12.8 Å². The first-order chi connectivity index (χ1) is 16.6. The molecule has 0 spiro atoms. The molecule has 0 bridgehead atoms. The minimum atomic E-state index is -0.475. The van der Waals surface area contributed by atoms with E-state index in [-0.39, 0.29) is 24.0 Å². The van der Waals surface area contributed by atoms with Crippen molar-refractivity contribution in [2.24, 2.45) is 0 Å². The number of aromatic hydroxyl groups is 1. The number of hydrogen-bond acceptors (Lipinski definition) is 5. The Kier molecular flexibility index (Phi) is 7.32. The van der Waals surface area contributed by atoms with Crippen LogP contribution in [0.4, 0.5) is 5.69 Å². The van der Waals surface area contributed by atoms with Crippen molar-refractivity contribution >= 4 is 11.6 Å². The molecule has 1 aromatic heterocycles. The van der Waals surface area contributed by atoms with Crippen molar-refractivity contribution in [1.82, 2.24) is 4.90 Å². The van der Waals surface area contributed by atoms with E-state index in [0.717, 1.165) is 42.7 Å². The Bertz CT molecular complexity index is 1330. The molecule has 1 aliphatic heterocycles. The lowest BCUT2D eigenvalue weighted by molar-refractivity contribution is 0.0724. The van der Waals surface area contributed by atoms with Crippen LogP contribution in [0.3, 0.4) is 0 Å². The van der Waals surface area contributed by atoms with Crippen LogP contribution in [-0.2, 0) is 6.54 Å². The molecule has 0 unspecified atom stereocenters. The van der Waals surface area contributed by atoms with E-state index in [2.05, 4.69) is 29.0 Å². The molecule has 2 heterocycles. The standard InChI is InChI=1S/C28H24N2O4/c31-25-16-19-34-26(27(25)32)20-29-24-14-10-22(11-15-24)7-3-2-6-21-8-12-23(13-9-21)28(33)30-17-4-1-5-18-30/h8-16,19,29,32H,1,4-5,17-18,20H2. The highest BCUT2D eigenvalue weighted by Gasteiger charge is 2.17. The third kappa shape index (κ3) is 5.88.